The average Bonchev–Trinajstić information content (AvgIpc) is 3.13. The molecule has 2 aromatic rings. The number of rotatable bonds is 6. The van der Waals surface area contributed by atoms with E-state index in [1.54, 1.807) is 0 Å². The van der Waals surface area contributed by atoms with E-state index in [0.717, 1.165) is 24.8 Å². The Labute approximate surface area is 148 Å². The molecular weight excluding hydrogens is 312 g/mol. The molecule has 1 aliphatic carbocycles. The van der Waals surface area contributed by atoms with Gasteiger partial charge in [0.15, 0.2) is 11.6 Å². The number of nitrogens with one attached hydrogen (secondary N) is 1. The van der Waals surface area contributed by atoms with Crippen molar-refractivity contribution in [2.24, 2.45) is 0 Å². The van der Waals surface area contributed by atoms with Crippen molar-refractivity contribution in [3.05, 3.63) is 58.7 Å². The molecule has 0 aliphatic heterocycles. The molecule has 0 unspecified atom stereocenters. The van der Waals surface area contributed by atoms with Crippen molar-refractivity contribution in [1.82, 2.24) is 9.97 Å². The molecule has 0 spiro atoms. The van der Waals surface area contributed by atoms with Crippen LogP contribution < -0.4 is 0 Å². The quantitative estimate of drug-likeness (QED) is 0.787. The molecule has 3 rings (SSSR count). The van der Waals surface area contributed by atoms with Crippen LogP contribution in [0.25, 0.3) is 5.57 Å². The highest BCUT2D eigenvalue weighted by atomic mass is 16.1. The number of aromatic nitrogens is 2. The van der Waals surface area contributed by atoms with E-state index in [0.29, 0.717) is 12.1 Å². The summed E-state index contributed by atoms with van der Waals surface area (Å²) in [5.74, 6) is 0.0506. The van der Waals surface area contributed by atoms with Gasteiger partial charge >= 0.3 is 0 Å². The van der Waals surface area contributed by atoms with Crippen LogP contribution in [0, 0.1) is 0 Å². The monoisotopic (exact) mass is 336 g/mol. The Bertz CT molecular complexity index is 830. The van der Waals surface area contributed by atoms with Gasteiger partial charge in [-0.2, -0.15) is 0 Å². The minimum Gasteiger partial charge on any atom is -0.333 e. The first-order valence-corrected chi connectivity index (χ1v) is 8.99. The zero-order valence-electron chi connectivity index (χ0n) is 14.9. The molecule has 0 bridgehead atoms. The van der Waals surface area contributed by atoms with Crippen LogP contribution in [0.5, 0.6) is 0 Å². The third kappa shape index (κ3) is 3.95. The van der Waals surface area contributed by atoms with E-state index >= 15 is 0 Å². The van der Waals surface area contributed by atoms with E-state index in [9.17, 15) is 9.59 Å². The second-order valence-corrected chi connectivity index (χ2v) is 6.62. The van der Waals surface area contributed by atoms with Crippen molar-refractivity contribution in [3.8, 4) is 0 Å². The molecule has 1 aliphatic rings. The maximum atomic E-state index is 12.6. The second kappa shape index (κ2) is 7.60. The summed E-state index contributed by atoms with van der Waals surface area (Å²) in [6.07, 6.45) is 9.65. The van der Waals surface area contributed by atoms with Crippen LogP contribution in [0.3, 0.4) is 0 Å². The SMILES string of the molecule is CCc1ccc(CC(=O)c2ncc(C(C)=O)[nH]2)c(C2=CCCCC2)c1. The zero-order valence-corrected chi connectivity index (χ0v) is 14.9. The highest BCUT2D eigenvalue weighted by Crippen LogP contribution is 2.30. The Morgan fingerprint density at radius 3 is 2.72 bits per heavy atom. The molecule has 1 aromatic carbocycles. The summed E-state index contributed by atoms with van der Waals surface area (Å²) in [6, 6.07) is 6.39. The van der Waals surface area contributed by atoms with Gasteiger partial charge in [0.1, 0.15) is 5.69 Å². The summed E-state index contributed by atoms with van der Waals surface area (Å²) in [5.41, 5.74) is 5.25. The van der Waals surface area contributed by atoms with E-state index in [2.05, 4.69) is 41.2 Å². The van der Waals surface area contributed by atoms with Crippen LogP contribution in [0.15, 0.2) is 30.5 Å². The van der Waals surface area contributed by atoms with Gasteiger partial charge in [-0.3, -0.25) is 9.59 Å². The number of Topliss-reactive ketones (excluding diaryl/α,β-unsaturated/α-hetero) is 2. The van der Waals surface area contributed by atoms with Crippen molar-refractivity contribution in [2.75, 3.05) is 0 Å². The fourth-order valence-electron chi connectivity index (χ4n) is 3.28. The van der Waals surface area contributed by atoms with Crippen molar-refractivity contribution in [3.63, 3.8) is 0 Å². The van der Waals surface area contributed by atoms with Crippen molar-refractivity contribution in [1.29, 1.82) is 0 Å². The minimum absolute atomic E-state index is 0.0885. The number of nitrogens with zero attached hydrogens (tertiary/aromatic N) is 1. The maximum Gasteiger partial charge on any atom is 0.202 e. The highest BCUT2D eigenvalue weighted by Gasteiger charge is 2.17. The Morgan fingerprint density at radius 1 is 1.24 bits per heavy atom. The summed E-state index contributed by atoms with van der Waals surface area (Å²) in [6.45, 7) is 3.60. The Balaban J connectivity index is 1.89. The lowest BCUT2D eigenvalue weighted by atomic mass is 9.88. The fraction of sp³-hybridized carbons (Fsp3) is 0.381. The number of benzene rings is 1. The number of ketones is 2. The smallest absolute Gasteiger partial charge is 0.202 e. The van der Waals surface area contributed by atoms with E-state index in [1.807, 2.05) is 0 Å². The van der Waals surface area contributed by atoms with E-state index < -0.39 is 0 Å². The number of carbonyl (C=O) groups is 2. The standard InChI is InChI=1S/C21H24N2O2/c1-3-15-9-10-17(18(11-15)16-7-5-4-6-8-16)12-20(25)21-22-13-19(23-21)14(2)24/h7,9-11,13H,3-6,8,12H2,1-2H3,(H,22,23). The second-order valence-electron chi connectivity index (χ2n) is 6.62. The number of aryl methyl sites for hydroxylation is 1. The van der Waals surface area contributed by atoms with Gasteiger partial charge in [0, 0.05) is 13.3 Å². The molecule has 1 aromatic heterocycles. The summed E-state index contributed by atoms with van der Waals surface area (Å²) in [4.78, 5) is 30.9. The molecule has 25 heavy (non-hydrogen) atoms. The fourth-order valence-corrected chi connectivity index (χ4v) is 3.28. The summed E-state index contributed by atoms with van der Waals surface area (Å²) in [7, 11) is 0. The molecule has 1 heterocycles. The molecule has 0 amide bonds. The van der Waals surface area contributed by atoms with Gasteiger partial charge < -0.3 is 4.98 Å². The molecule has 0 fully saturated rings. The molecule has 1 N–H and O–H groups in total. The molecule has 0 radical (unpaired) electrons. The number of carbonyl (C=O) groups excluding carboxylic acids is 2. The normalized spacial score (nSPS) is 14.2. The van der Waals surface area contributed by atoms with E-state index in [1.165, 1.54) is 42.7 Å². The van der Waals surface area contributed by atoms with E-state index in [4.69, 9.17) is 0 Å². The number of aromatic amines is 1. The van der Waals surface area contributed by atoms with Crippen molar-refractivity contribution < 1.29 is 9.59 Å². The van der Waals surface area contributed by atoms with Crippen molar-refractivity contribution in [2.45, 2.75) is 52.4 Å². The first kappa shape index (κ1) is 17.3. The highest BCUT2D eigenvalue weighted by molar-refractivity contribution is 5.98. The van der Waals surface area contributed by atoms with E-state index in [-0.39, 0.29) is 17.4 Å². The molecule has 0 saturated heterocycles. The van der Waals surface area contributed by atoms with Crippen LogP contribution >= 0.6 is 0 Å². The van der Waals surface area contributed by atoms with Gasteiger partial charge in [0.25, 0.3) is 0 Å². The maximum absolute atomic E-state index is 12.6. The first-order chi connectivity index (χ1) is 12.1. The Kier molecular flexibility index (Phi) is 5.27. The lowest BCUT2D eigenvalue weighted by Gasteiger charge is -2.17. The summed E-state index contributed by atoms with van der Waals surface area (Å²) in [5, 5.41) is 0. The predicted octanol–water partition coefficient (Wildman–Crippen LogP) is 4.56. The Hall–Kier alpha value is -2.49. The van der Waals surface area contributed by atoms with Gasteiger partial charge in [0.05, 0.1) is 6.20 Å². The predicted molar refractivity (Wildman–Crippen MR) is 98.9 cm³/mol. The van der Waals surface area contributed by atoms with Gasteiger partial charge in [-0.05, 0) is 54.4 Å². The molecule has 0 atom stereocenters. The largest absolute Gasteiger partial charge is 0.333 e. The number of hydrogen-bond donors (Lipinski definition) is 1. The van der Waals surface area contributed by atoms with Crippen LogP contribution in [-0.2, 0) is 12.8 Å². The molecule has 4 heteroatoms. The summed E-state index contributed by atoms with van der Waals surface area (Å²) >= 11 is 0. The lowest BCUT2D eigenvalue weighted by molar-refractivity contribution is 0.0984. The van der Waals surface area contributed by atoms with Crippen molar-refractivity contribution >= 4 is 17.1 Å². The number of imidazole rings is 1. The number of allylic oxidation sites excluding steroid dienone is 2. The van der Waals surface area contributed by atoms with Gasteiger partial charge in [-0.25, -0.2) is 4.98 Å². The minimum atomic E-state index is -0.119. The van der Waals surface area contributed by atoms with Gasteiger partial charge in [-0.15, -0.1) is 0 Å². The number of hydrogen-bond acceptors (Lipinski definition) is 3. The average molecular weight is 336 g/mol. The molecule has 0 saturated carbocycles. The third-order valence-corrected chi connectivity index (χ3v) is 4.79. The molecule has 4 nitrogen and oxygen atoms in total. The van der Waals surface area contributed by atoms with Crippen LogP contribution in [-0.4, -0.2) is 21.5 Å². The van der Waals surface area contributed by atoms with Crippen LogP contribution in [0.1, 0.15) is 77.3 Å². The number of H-pyrrole nitrogens is 1. The first-order valence-electron chi connectivity index (χ1n) is 8.99. The lowest BCUT2D eigenvalue weighted by Crippen LogP contribution is -2.09. The summed E-state index contributed by atoms with van der Waals surface area (Å²) < 4.78 is 0. The molecule has 130 valence electrons. The zero-order chi connectivity index (χ0) is 17.8. The van der Waals surface area contributed by atoms with Crippen LogP contribution in [0.2, 0.25) is 0 Å². The van der Waals surface area contributed by atoms with Gasteiger partial charge in [0.2, 0.25) is 5.78 Å². The van der Waals surface area contributed by atoms with Gasteiger partial charge in [-0.1, -0.05) is 31.2 Å². The third-order valence-electron chi connectivity index (χ3n) is 4.79. The Morgan fingerprint density at radius 2 is 2.08 bits per heavy atom. The van der Waals surface area contributed by atoms with Crippen LogP contribution in [0.4, 0.5) is 0 Å². The topological polar surface area (TPSA) is 62.8 Å². The molecular formula is C21H24N2O2.